The van der Waals surface area contributed by atoms with Gasteiger partial charge in [-0.05, 0) is 42.5 Å². The van der Waals surface area contributed by atoms with Gasteiger partial charge in [0.25, 0.3) is 0 Å². The van der Waals surface area contributed by atoms with Crippen LogP contribution in [0.3, 0.4) is 0 Å². The monoisotopic (exact) mass is 458 g/mol. The summed E-state index contributed by atoms with van der Waals surface area (Å²) in [5.41, 5.74) is 2.29. The smallest absolute Gasteiger partial charge is 0.213 e. The Balaban J connectivity index is 1.60. The van der Waals surface area contributed by atoms with Crippen molar-refractivity contribution in [2.24, 2.45) is 5.10 Å². The SMILES string of the molecule is CCc1ccc(C2=NN3[C@@H](C2)c2cc(Br)ccc2O[C@H]3c2ccc(F)c(F)c2)o1. The summed E-state index contributed by atoms with van der Waals surface area (Å²) in [6.07, 6.45) is 0.766. The molecule has 2 aliphatic heterocycles. The van der Waals surface area contributed by atoms with Crippen molar-refractivity contribution < 1.29 is 17.9 Å². The van der Waals surface area contributed by atoms with Crippen LogP contribution in [0.5, 0.6) is 5.75 Å². The molecule has 0 radical (unpaired) electrons. The molecule has 29 heavy (non-hydrogen) atoms. The molecule has 5 rings (SSSR count). The lowest BCUT2D eigenvalue weighted by atomic mass is 9.97. The number of nitrogens with zero attached hydrogens (tertiary/aromatic N) is 2. The largest absolute Gasteiger partial charge is 0.464 e. The number of hydrazone groups is 1. The average molecular weight is 459 g/mol. The molecule has 4 nitrogen and oxygen atoms in total. The Hall–Kier alpha value is -2.67. The second-order valence-electron chi connectivity index (χ2n) is 7.09. The van der Waals surface area contributed by atoms with Crippen LogP contribution < -0.4 is 4.74 Å². The molecule has 148 valence electrons. The molecule has 7 heteroatoms. The minimum Gasteiger partial charge on any atom is -0.464 e. The van der Waals surface area contributed by atoms with Crippen molar-refractivity contribution in [3.05, 3.63) is 87.3 Å². The van der Waals surface area contributed by atoms with E-state index in [0.717, 1.165) is 45.8 Å². The Morgan fingerprint density at radius 3 is 2.72 bits per heavy atom. The fraction of sp³-hybridized carbons (Fsp3) is 0.227. The molecular formula is C22H17BrF2N2O2. The standard InChI is InChI=1S/C22H17BrF2N2O2/c1-2-14-5-8-21(28-14)18-11-19-15-10-13(23)4-7-20(15)29-22(27(19)26-18)12-3-6-16(24)17(25)9-12/h3-10,19,22H,2,11H2,1H3/t19-,22-/m0/s1. The number of hydrogen-bond donors (Lipinski definition) is 0. The number of ether oxygens (including phenoxy) is 1. The first-order valence-corrected chi connectivity index (χ1v) is 10.2. The van der Waals surface area contributed by atoms with Gasteiger partial charge in [-0.3, -0.25) is 0 Å². The zero-order valence-electron chi connectivity index (χ0n) is 15.5. The molecule has 0 N–H and O–H groups in total. The highest BCUT2D eigenvalue weighted by molar-refractivity contribution is 9.10. The lowest BCUT2D eigenvalue weighted by molar-refractivity contribution is -0.0193. The van der Waals surface area contributed by atoms with Gasteiger partial charge in [0.1, 0.15) is 23.0 Å². The highest BCUT2D eigenvalue weighted by atomic mass is 79.9. The molecule has 0 saturated carbocycles. The quantitative estimate of drug-likeness (QED) is 0.474. The summed E-state index contributed by atoms with van der Waals surface area (Å²) in [5, 5.41) is 6.58. The number of rotatable bonds is 3. The maximum atomic E-state index is 13.9. The van der Waals surface area contributed by atoms with E-state index in [0.29, 0.717) is 17.7 Å². The Morgan fingerprint density at radius 1 is 1.10 bits per heavy atom. The molecule has 3 aromatic rings. The van der Waals surface area contributed by atoms with Crippen molar-refractivity contribution >= 4 is 21.6 Å². The van der Waals surface area contributed by atoms with Crippen LogP contribution >= 0.6 is 15.9 Å². The molecule has 2 atom stereocenters. The van der Waals surface area contributed by atoms with Crippen LogP contribution in [-0.4, -0.2) is 10.7 Å². The molecule has 1 aromatic heterocycles. The van der Waals surface area contributed by atoms with E-state index in [1.165, 1.54) is 6.07 Å². The van der Waals surface area contributed by atoms with Gasteiger partial charge >= 0.3 is 0 Å². The lowest BCUT2D eigenvalue weighted by Gasteiger charge is -2.38. The molecule has 0 amide bonds. The number of furan rings is 1. The van der Waals surface area contributed by atoms with Crippen LogP contribution in [0.1, 0.15) is 48.3 Å². The van der Waals surface area contributed by atoms with E-state index in [4.69, 9.17) is 14.3 Å². The van der Waals surface area contributed by atoms with Gasteiger partial charge in [0.05, 0.1) is 6.04 Å². The highest BCUT2D eigenvalue weighted by Gasteiger charge is 2.41. The second-order valence-corrected chi connectivity index (χ2v) is 8.01. The topological polar surface area (TPSA) is 38.0 Å². The van der Waals surface area contributed by atoms with Crippen molar-refractivity contribution in [2.75, 3.05) is 0 Å². The summed E-state index contributed by atoms with van der Waals surface area (Å²) in [6, 6.07) is 13.4. The molecule has 0 aliphatic carbocycles. The summed E-state index contributed by atoms with van der Waals surface area (Å²) < 4.78 is 40.4. The number of halogens is 3. The zero-order chi connectivity index (χ0) is 20.1. The van der Waals surface area contributed by atoms with E-state index in [2.05, 4.69) is 15.9 Å². The minimum atomic E-state index is -0.911. The minimum absolute atomic E-state index is 0.0976. The molecular weight excluding hydrogens is 442 g/mol. The number of fused-ring (bicyclic) bond motifs is 3. The maximum Gasteiger partial charge on any atom is 0.213 e. The van der Waals surface area contributed by atoms with Crippen molar-refractivity contribution in [1.29, 1.82) is 0 Å². The summed E-state index contributed by atoms with van der Waals surface area (Å²) in [7, 11) is 0. The van der Waals surface area contributed by atoms with E-state index in [1.807, 2.05) is 42.3 Å². The van der Waals surface area contributed by atoms with Crippen molar-refractivity contribution in [3.63, 3.8) is 0 Å². The molecule has 0 unspecified atom stereocenters. The van der Waals surface area contributed by atoms with Crippen LogP contribution in [0.15, 0.2) is 62.5 Å². The predicted octanol–water partition coefficient (Wildman–Crippen LogP) is 6.13. The van der Waals surface area contributed by atoms with Crippen molar-refractivity contribution in [2.45, 2.75) is 32.0 Å². The summed E-state index contributed by atoms with van der Waals surface area (Å²) in [4.78, 5) is 0. The molecule has 3 heterocycles. The Labute approximate surface area is 174 Å². The van der Waals surface area contributed by atoms with Gasteiger partial charge in [-0.2, -0.15) is 5.10 Å². The van der Waals surface area contributed by atoms with E-state index in [-0.39, 0.29) is 6.04 Å². The van der Waals surface area contributed by atoms with Crippen LogP contribution in [0.4, 0.5) is 8.78 Å². The van der Waals surface area contributed by atoms with E-state index < -0.39 is 17.9 Å². The Kier molecular flexibility index (Phi) is 4.42. The molecule has 0 bridgehead atoms. The second kappa shape index (κ2) is 6.99. The fourth-order valence-corrected chi connectivity index (χ4v) is 4.19. The average Bonchev–Trinajstić information content (AvgIpc) is 3.36. The number of hydrogen-bond acceptors (Lipinski definition) is 4. The van der Waals surface area contributed by atoms with Gasteiger partial charge in [0.2, 0.25) is 6.23 Å². The van der Waals surface area contributed by atoms with Crippen LogP contribution in [-0.2, 0) is 6.42 Å². The number of aryl methyl sites for hydroxylation is 1. The first-order valence-electron chi connectivity index (χ1n) is 9.39. The van der Waals surface area contributed by atoms with Gasteiger partial charge in [-0.25, -0.2) is 13.8 Å². The molecule has 2 aliphatic rings. The van der Waals surface area contributed by atoms with Crippen molar-refractivity contribution in [3.8, 4) is 5.75 Å². The molecule has 0 fully saturated rings. The third-order valence-corrected chi connectivity index (χ3v) is 5.77. The van der Waals surface area contributed by atoms with Gasteiger partial charge in [-0.15, -0.1) is 0 Å². The first-order chi connectivity index (χ1) is 14.0. The molecule has 2 aromatic carbocycles. The van der Waals surface area contributed by atoms with E-state index in [9.17, 15) is 8.78 Å². The highest BCUT2D eigenvalue weighted by Crippen LogP contribution is 2.48. The van der Waals surface area contributed by atoms with E-state index in [1.54, 1.807) is 0 Å². The van der Waals surface area contributed by atoms with Crippen molar-refractivity contribution in [1.82, 2.24) is 5.01 Å². The Morgan fingerprint density at radius 2 is 1.97 bits per heavy atom. The lowest BCUT2D eigenvalue weighted by Crippen LogP contribution is -2.33. The fourth-order valence-electron chi connectivity index (χ4n) is 3.82. The van der Waals surface area contributed by atoms with Crippen LogP contribution in [0.2, 0.25) is 0 Å². The Bertz CT molecular complexity index is 1130. The van der Waals surface area contributed by atoms with Gasteiger partial charge < -0.3 is 9.15 Å². The summed E-state index contributed by atoms with van der Waals surface area (Å²) in [5.74, 6) is 0.514. The predicted molar refractivity (Wildman–Crippen MR) is 108 cm³/mol. The van der Waals surface area contributed by atoms with Gasteiger partial charge in [-0.1, -0.05) is 28.9 Å². The van der Waals surface area contributed by atoms with Crippen LogP contribution in [0.25, 0.3) is 0 Å². The zero-order valence-corrected chi connectivity index (χ0v) is 17.1. The number of benzene rings is 2. The first kappa shape index (κ1) is 18.4. The molecule has 0 spiro atoms. The third-order valence-electron chi connectivity index (χ3n) is 5.28. The van der Waals surface area contributed by atoms with Gasteiger partial charge in [0, 0.05) is 28.4 Å². The summed E-state index contributed by atoms with van der Waals surface area (Å²) in [6.45, 7) is 2.03. The van der Waals surface area contributed by atoms with Gasteiger partial charge in [0.15, 0.2) is 11.6 Å². The maximum absolute atomic E-state index is 13.9. The normalized spacial score (nSPS) is 20.1. The van der Waals surface area contributed by atoms with Crippen LogP contribution in [0, 0.1) is 11.6 Å². The molecule has 0 saturated heterocycles. The summed E-state index contributed by atoms with van der Waals surface area (Å²) >= 11 is 3.52. The van der Waals surface area contributed by atoms with E-state index >= 15 is 0 Å². The third kappa shape index (κ3) is 3.13.